The zero-order valence-corrected chi connectivity index (χ0v) is 27.0. The molecular weight excluding hydrogens is 529 g/mol. The molecule has 0 bridgehead atoms. The Bertz CT molecular complexity index is 1520. The number of pyridine rings is 2. The minimum absolute atomic E-state index is 0.0523. The Hall–Kier alpha value is -3.43. The van der Waals surface area contributed by atoms with Gasteiger partial charge in [-0.25, -0.2) is 10.0 Å². The van der Waals surface area contributed by atoms with E-state index in [1.807, 2.05) is 18.5 Å². The number of nitrogens with zero attached hydrogens (tertiary/aromatic N) is 2. The van der Waals surface area contributed by atoms with Crippen LogP contribution in [0.2, 0.25) is 0 Å². The van der Waals surface area contributed by atoms with Crippen LogP contribution >= 0.6 is 10.0 Å². The fourth-order valence-corrected chi connectivity index (χ4v) is 12.9. The summed E-state index contributed by atoms with van der Waals surface area (Å²) in [4.78, 5) is 11.4. The monoisotopic (exact) mass is 574 g/mol. The zero-order chi connectivity index (χ0) is 29.7. The second-order valence-electron chi connectivity index (χ2n) is 13.0. The summed E-state index contributed by atoms with van der Waals surface area (Å²) < 4.78 is 0. The summed E-state index contributed by atoms with van der Waals surface area (Å²) in [5.74, 6) is 2.85. The van der Waals surface area contributed by atoms with Crippen LogP contribution in [-0.2, 0) is 6.42 Å². The second-order valence-corrected chi connectivity index (χ2v) is 16.5. The van der Waals surface area contributed by atoms with Crippen LogP contribution in [0.1, 0.15) is 75.6 Å². The number of hydrogen-bond acceptors (Lipinski definition) is 2. The van der Waals surface area contributed by atoms with Gasteiger partial charge in [-0.1, -0.05) is 114 Å². The molecule has 0 radical (unpaired) electrons. The van der Waals surface area contributed by atoms with Gasteiger partial charge in [0.2, 0.25) is 0 Å². The minimum Gasteiger partial charge on any atom is -0.264 e. The molecule has 0 saturated heterocycles. The first-order valence-electron chi connectivity index (χ1n) is 15.4. The predicted molar refractivity (Wildman–Crippen MR) is 184 cm³/mol. The van der Waals surface area contributed by atoms with Crippen molar-refractivity contribution < 1.29 is 0 Å². The van der Waals surface area contributed by atoms with Gasteiger partial charge in [-0.2, -0.15) is 0 Å². The normalized spacial score (nSPS) is 21.0. The molecule has 2 atom stereocenters. The van der Waals surface area contributed by atoms with E-state index >= 15 is 0 Å². The van der Waals surface area contributed by atoms with Crippen molar-refractivity contribution in [3.05, 3.63) is 143 Å². The van der Waals surface area contributed by atoms with E-state index in [0.717, 1.165) is 30.0 Å². The first-order chi connectivity index (χ1) is 20.3. The number of benzene rings is 2. The minimum atomic E-state index is -1.47. The maximum atomic E-state index is 5.14. The fraction of sp³-hybridized carbons (Fsp3) is 0.333. The average molecular weight is 575 g/mol. The molecule has 2 aromatic carbocycles. The van der Waals surface area contributed by atoms with Crippen molar-refractivity contribution in [1.29, 1.82) is 0 Å². The van der Waals surface area contributed by atoms with Crippen molar-refractivity contribution in [3.63, 3.8) is 0 Å². The molecule has 0 aliphatic carbocycles. The molecule has 42 heavy (non-hydrogen) atoms. The van der Waals surface area contributed by atoms with Crippen molar-refractivity contribution in [2.75, 3.05) is 11.5 Å². The molecule has 2 unspecified atom stereocenters. The van der Waals surface area contributed by atoms with Crippen LogP contribution in [-0.4, -0.2) is 21.5 Å². The topological polar surface area (TPSA) is 25.8 Å². The third-order valence-corrected chi connectivity index (χ3v) is 13.2. The first kappa shape index (κ1) is 30.0. The van der Waals surface area contributed by atoms with E-state index in [2.05, 4.69) is 133 Å². The van der Waals surface area contributed by atoms with Gasteiger partial charge in [-0.15, -0.1) is 0 Å². The van der Waals surface area contributed by atoms with E-state index in [0.29, 0.717) is 5.92 Å². The Balaban J connectivity index is 2.02. The standard InChI is InChI=1S/C39H46N2S/c1-7-25-42(28-29(2)3)37(32-21-16-23-40-27-32)36(39(4,5)6)33(26-30-17-10-8-11-18-30)35(31-19-12-9-13-20-31)38(42)34-22-14-15-24-41-34/h8-24,27,29,37H,7,25-26,28H2,1-6H3. The second kappa shape index (κ2) is 12.8. The van der Waals surface area contributed by atoms with Gasteiger partial charge >= 0.3 is 0 Å². The van der Waals surface area contributed by atoms with Gasteiger partial charge in [0.05, 0.1) is 5.69 Å². The lowest BCUT2D eigenvalue weighted by Gasteiger charge is -2.56. The van der Waals surface area contributed by atoms with Crippen LogP contribution in [0.5, 0.6) is 0 Å². The van der Waals surface area contributed by atoms with E-state index < -0.39 is 10.0 Å². The van der Waals surface area contributed by atoms with Crippen molar-refractivity contribution in [2.24, 2.45) is 11.3 Å². The summed E-state index contributed by atoms with van der Waals surface area (Å²) in [7, 11) is -1.47. The van der Waals surface area contributed by atoms with Gasteiger partial charge in [0.25, 0.3) is 0 Å². The lowest BCUT2D eigenvalue weighted by Crippen LogP contribution is -2.33. The Morgan fingerprint density at radius 1 is 0.810 bits per heavy atom. The molecule has 2 nitrogen and oxygen atoms in total. The molecule has 0 fully saturated rings. The Kier molecular flexibility index (Phi) is 9.18. The molecule has 5 rings (SSSR count). The van der Waals surface area contributed by atoms with Crippen molar-refractivity contribution >= 4 is 20.5 Å². The van der Waals surface area contributed by atoms with E-state index in [4.69, 9.17) is 9.97 Å². The predicted octanol–water partition coefficient (Wildman–Crippen LogP) is 10.6. The quantitative estimate of drug-likeness (QED) is 0.199. The van der Waals surface area contributed by atoms with Crippen LogP contribution in [0.3, 0.4) is 0 Å². The largest absolute Gasteiger partial charge is 0.264 e. The first-order valence-corrected chi connectivity index (χ1v) is 17.5. The van der Waals surface area contributed by atoms with Crippen molar-refractivity contribution in [3.8, 4) is 0 Å². The van der Waals surface area contributed by atoms with Crippen molar-refractivity contribution in [2.45, 2.75) is 59.6 Å². The van der Waals surface area contributed by atoms with Gasteiger partial charge in [-0.05, 0) is 87.3 Å². The summed E-state index contributed by atoms with van der Waals surface area (Å²) in [5.41, 5.74) is 9.50. The summed E-state index contributed by atoms with van der Waals surface area (Å²) in [6, 6.07) is 33.1. The number of rotatable bonds is 9. The fourth-order valence-electron chi connectivity index (χ4n) is 6.95. The molecule has 0 amide bonds. The van der Waals surface area contributed by atoms with E-state index in [9.17, 15) is 0 Å². The highest BCUT2D eigenvalue weighted by Crippen LogP contribution is 2.77. The van der Waals surface area contributed by atoms with Crippen LogP contribution in [0.4, 0.5) is 0 Å². The maximum Gasteiger partial charge on any atom is 0.0757 e. The van der Waals surface area contributed by atoms with Crippen LogP contribution in [0, 0.1) is 11.3 Å². The molecule has 4 aromatic rings. The highest BCUT2D eigenvalue weighted by Gasteiger charge is 2.49. The summed E-state index contributed by atoms with van der Waals surface area (Å²) in [6.45, 7) is 14.5. The molecule has 218 valence electrons. The van der Waals surface area contributed by atoms with Crippen LogP contribution in [0.25, 0.3) is 10.5 Å². The maximum absolute atomic E-state index is 5.14. The van der Waals surface area contributed by atoms with Gasteiger partial charge in [0.1, 0.15) is 0 Å². The Labute approximate surface area is 255 Å². The van der Waals surface area contributed by atoms with Crippen molar-refractivity contribution in [1.82, 2.24) is 9.97 Å². The molecule has 0 N–H and O–H groups in total. The molecule has 2 aromatic heterocycles. The molecule has 1 aliphatic rings. The smallest absolute Gasteiger partial charge is 0.0757 e. The summed E-state index contributed by atoms with van der Waals surface area (Å²) >= 11 is 0. The van der Waals surface area contributed by atoms with E-state index in [-0.39, 0.29) is 10.7 Å². The summed E-state index contributed by atoms with van der Waals surface area (Å²) in [6.07, 6.45) is 8.06. The highest BCUT2D eigenvalue weighted by molar-refractivity contribution is 8.41. The lowest BCUT2D eigenvalue weighted by molar-refractivity contribution is 0.482. The molecule has 3 heteroatoms. The summed E-state index contributed by atoms with van der Waals surface area (Å²) in [5, 5.41) is 0.261. The number of aromatic nitrogens is 2. The SMILES string of the molecule is CCCS1(CC(C)C)C(c2ccccn2)=C(c2ccccc2)C(Cc2ccccc2)=C(C(C)(C)C)C1c1cccnc1. The van der Waals surface area contributed by atoms with E-state index in [1.165, 1.54) is 32.7 Å². The zero-order valence-electron chi connectivity index (χ0n) is 26.2. The van der Waals surface area contributed by atoms with Crippen LogP contribution < -0.4 is 0 Å². The number of hydrogen-bond donors (Lipinski definition) is 0. The highest BCUT2D eigenvalue weighted by atomic mass is 32.3. The molecule has 3 heterocycles. The van der Waals surface area contributed by atoms with Gasteiger partial charge < -0.3 is 0 Å². The van der Waals surface area contributed by atoms with Gasteiger partial charge in [0, 0.05) is 28.7 Å². The molecule has 1 aliphatic heterocycles. The van der Waals surface area contributed by atoms with Crippen LogP contribution in [0.15, 0.2) is 121 Å². The van der Waals surface area contributed by atoms with Gasteiger partial charge in [-0.3, -0.25) is 9.97 Å². The third kappa shape index (κ3) is 6.03. The molecular formula is C39H46N2S. The molecule has 0 saturated carbocycles. The van der Waals surface area contributed by atoms with E-state index in [1.54, 1.807) is 5.57 Å². The van der Waals surface area contributed by atoms with Gasteiger partial charge in [0.15, 0.2) is 0 Å². The third-order valence-electron chi connectivity index (χ3n) is 8.15. The average Bonchev–Trinajstić information content (AvgIpc) is 2.98. The Morgan fingerprint density at radius 3 is 2.07 bits per heavy atom. The molecule has 0 spiro atoms. The number of allylic oxidation sites excluding steroid dienone is 2. The Morgan fingerprint density at radius 2 is 1.50 bits per heavy atom. The lowest BCUT2D eigenvalue weighted by atomic mass is 9.75.